The summed E-state index contributed by atoms with van der Waals surface area (Å²) in [6.07, 6.45) is 0.889. The molecule has 1 atom stereocenters. The van der Waals surface area contributed by atoms with E-state index in [4.69, 9.17) is 9.15 Å². The fourth-order valence-corrected chi connectivity index (χ4v) is 4.25. The third-order valence-electron chi connectivity index (χ3n) is 5.71. The lowest BCUT2D eigenvalue weighted by atomic mass is 9.97. The van der Waals surface area contributed by atoms with Crippen molar-refractivity contribution in [2.24, 2.45) is 0 Å². The number of anilines is 1. The van der Waals surface area contributed by atoms with Crippen molar-refractivity contribution in [1.82, 2.24) is 0 Å². The van der Waals surface area contributed by atoms with Gasteiger partial charge >= 0.3 is 0 Å². The molecule has 0 saturated heterocycles. The summed E-state index contributed by atoms with van der Waals surface area (Å²) in [4.78, 5) is 28.9. The number of rotatable bonds is 5. The molecule has 0 N–H and O–H groups in total. The first-order chi connectivity index (χ1) is 15.6. The van der Waals surface area contributed by atoms with Crippen molar-refractivity contribution in [1.29, 1.82) is 0 Å². The highest BCUT2D eigenvalue weighted by Gasteiger charge is 2.43. The lowest BCUT2D eigenvalue weighted by Gasteiger charge is -2.25. The van der Waals surface area contributed by atoms with Crippen LogP contribution in [-0.2, 0) is 0 Å². The van der Waals surface area contributed by atoms with Crippen molar-refractivity contribution in [3.05, 3.63) is 105 Å². The van der Waals surface area contributed by atoms with E-state index in [1.807, 2.05) is 80.6 Å². The van der Waals surface area contributed by atoms with Gasteiger partial charge in [0.2, 0.25) is 5.76 Å². The molecular formula is C27H23NO4. The molecule has 1 aliphatic rings. The number of hydrogen-bond acceptors (Lipinski definition) is 4. The van der Waals surface area contributed by atoms with Gasteiger partial charge in [0.25, 0.3) is 5.91 Å². The molecule has 0 bridgehead atoms. The average molecular weight is 425 g/mol. The quantitative estimate of drug-likeness (QED) is 0.415. The van der Waals surface area contributed by atoms with Crippen molar-refractivity contribution >= 4 is 22.6 Å². The lowest BCUT2D eigenvalue weighted by molar-refractivity contribution is 0.0971. The van der Waals surface area contributed by atoms with E-state index < -0.39 is 6.04 Å². The SMILES string of the molecule is CCCOc1cccc(C2c3c(oc4ccc(C)cc4c3=O)C(=O)N2c2ccccc2)c1. The number of para-hydroxylation sites is 1. The first kappa shape index (κ1) is 20.1. The van der Waals surface area contributed by atoms with Gasteiger partial charge in [0.1, 0.15) is 11.3 Å². The third kappa shape index (κ3) is 3.26. The minimum atomic E-state index is -0.605. The van der Waals surface area contributed by atoms with E-state index in [0.717, 1.165) is 17.5 Å². The average Bonchev–Trinajstić information content (AvgIpc) is 3.11. The summed E-state index contributed by atoms with van der Waals surface area (Å²) in [6.45, 7) is 4.57. The molecule has 0 fully saturated rings. The van der Waals surface area contributed by atoms with Gasteiger partial charge in [-0.25, -0.2) is 0 Å². The molecule has 1 aromatic heterocycles. The van der Waals surface area contributed by atoms with Gasteiger partial charge in [0.05, 0.1) is 23.6 Å². The Morgan fingerprint density at radius 2 is 1.78 bits per heavy atom. The summed E-state index contributed by atoms with van der Waals surface area (Å²) < 4.78 is 11.9. The second-order valence-electron chi connectivity index (χ2n) is 8.01. The molecule has 3 aromatic carbocycles. The summed E-state index contributed by atoms with van der Waals surface area (Å²) in [5.41, 5.74) is 3.07. The van der Waals surface area contributed by atoms with Crippen molar-refractivity contribution in [2.45, 2.75) is 26.3 Å². The molecule has 0 spiro atoms. The van der Waals surface area contributed by atoms with Crippen LogP contribution in [0.2, 0.25) is 0 Å². The van der Waals surface area contributed by atoms with E-state index in [2.05, 4.69) is 0 Å². The Balaban J connectivity index is 1.76. The van der Waals surface area contributed by atoms with Crippen LogP contribution in [-0.4, -0.2) is 12.5 Å². The summed E-state index contributed by atoms with van der Waals surface area (Å²) in [7, 11) is 0. The van der Waals surface area contributed by atoms with Crippen LogP contribution in [0, 0.1) is 6.92 Å². The van der Waals surface area contributed by atoms with E-state index in [-0.39, 0.29) is 17.1 Å². The zero-order valence-corrected chi connectivity index (χ0v) is 18.0. The van der Waals surface area contributed by atoms with Crippen molar-refractivity contribution in [3.63, 3.8) is 0 Å². The maximum atomic E-state index is 13.7. The fourth-order valence-electron chi connectivity index (χ4n) is 4.25. The normalized spacial score (nSPS) is 15.2. The first-order valence-electron chi connectivity index (χ1n) is 10.8. The Kier molecular flexibility index (Phi) is 5.02. The van der Waals surface area contributed by atoms with Crippen molar-refractivity contribution in [3.8, 4) is 5.75 Å². The minimum Gasteiger partial charge on any atom is -0.494 e. The Labute approximate surface area is 185 Å². The van der Waals surface area contributed by atoms with Crippen LogP contribution in [0.4, 0.5) is 5.69 Å². The number of fused-ring (bicyclic) bond motifs is 2. The number of carbonyl (C=O) groups is 1. The Morgan fingerprint density at radius 1 is 0.969 bits per heavy atom. The maximum Gasteiger partial charge on any atom is 0.295 e. The van der Waals surface area contributed by atoms with Gasteiger partial charge in [0, 0.05) is 5.69 Å². The molecule has 1 aliphatic heterocycles. The van der Waals surface area contributed by atoms with E-state index >= 15 is 0 Å². The highest BCUT2D eigenvalue weighted by Crippen LogP contribution is 2.41. The number of aryl methyl sites for hydroxylation is 1. The van der Waals surface area contributed by atoms with Crippen molar-refractivity contribution in [2.75, 3.05) is 11.5 Å². The summed E-state index contributed by atoms with van der Waals surface area (Å²) in [5, 5.41) is 0.481. The second kappa shape index (κ2) is 8.00. The van der Waals surface area contributed by atoms with Gasteiger partial charge in [-0.2, -0.15) is 0 Å². The van der Waals surface area contributed by atoms with Gasteiger partial charge < -0.3 is 9.15 Å². The minimum absolute atomic E-state index is 0.0973. The monoisotopic (exact) mass is 425 g/mol. The van der Waals surface area contributed by atoms with Crippen LogP contribution in [0.25, 0.3) is 11.0 Å². The number of amides is 1. The predicted octanol–water partition coefficient (Wildman–Crippen LogP) is 5.64. The van der Waals surface area contributed by atoms with Crippen LogP contribution in [0.15, 0.2) is 82.0 Å². The van der Waals surface area contributed by atoms with Gasteiger partial charge in [0.15, 0.2) is 5.43 Å². The number of carbonyl (C=O) groups excluding carboxylic acids is 1. The lowest BCUT2D eigenvalue weighted by Crippen LogP contribution is -2.29. The molecule has 1 unspecified atom stereocenters. The van der Waals surface area contributed by atoms with Crippen LogP contribution < -0.4 is 15.1 Å². The molecular weight excluding hydrogens is 402 g/mol. The Morgan fingerprint density at radius 3 is 2.56 bits per heavy atom. The molecule has 32 heavy (non-hydrogen) atoms. The molecule has 0 saturated carbocycles. The van der Waals surface area contributed by atoms with Crippen LogP contribution >= 0.6 is 0 Å². The maximum absolute atomic E-state index is 13.7. The van der Waals surface area contributed by atoms with E-state index in [1.165, 1.54) is 0 Å². The van der Waals surface area contributed by atoms with Gasteiger partial charge in [-0.1, -0.05) is 48.9 Å². The second-order valence-corrected chi connectivity index (χ2v) is 8.01. The van der Waals surface area contributed by atoms with Crippen LogP contribution in [0.5, 0.6) is 5.75 Å². The summed E-state index contributed by atoms with van der Waals surface area (Å²) in [6, 6.07) is 21.8. The molecule has 4 aromatic rings. The first-order valence-corrected chi connectivity index (χ1v) is 10.8. The Hall–Kier alpha value is -3.86. The Bertz CT molecular complexity index is 1370. The van der Waals surface area contributed by atoms with Crippen LogP contribution in [0.3, 0.4) is 0 Å². The largest absolute Gasteiger partial charge is 0.494 e. The highest BCUT2D eigenvalue weighted by molar-refractivity contribution is 6.10. The number of benzene rings is 3. The van der Waals surface area contributed by atoms with Crippen LogP contribution in [0.1, 0.15) is 46.6 Å². The zero-order chi connectivity index (χ0) is 22.2. The molecule has 5 rings (SSSR count). The summed E-state index contributed by atoms with van der Waals surface area (Å²) in [5.74, 6) is 0.482. The zero-order valence-electron chi connectivity index (χ0n) is 18.0. The smallest absolute Gasteiger partial charge is 0.295 e. The molecule has 0 radical (unpaired) electrons. The highest BCUT2D eigenvalue weighted by atomic mass is 16.5. The summed E-state index contributed by atoms with van der Waals surface area (Å²) >= 11 is 0. The van der Waals surface area contributed by atoms with Gasteiger partial charge in [-0.15, -0.1) is 0 Å². The molecule has 0 aliphatic carbocycles. The van der Waals surface area contributed by atoms with E-state index in [9.17, 15) is 9.59 Å². The third-order valence-corrected chi connectivity index (χ3v) is 5.71. The molecule has 5 nitrogen and oxygen atoms in total. The number of hydrogen-bond donors (Lipinski definition) is 0. The van der Waals surface area contributed by atoms with Gasteiger partial charge in [-0.3, -0.25) is 14.5 Å². The van der Waals surface area contributed by atoms with E-state index in [0.29, 0.717) is 34.6 Å². The molecule has 1 amide bonds. The molecule has 160 valence electrons. The fraction of sp³-hybridized carbons (Fsp3) is 0.185. The molecule has 5 heteroatoms. The molecule has 2 heterocycles. The van der Waals surface area contributed by atoms with Crippen molar-refractivity contribution < 1.29 is 13.9 Å². The standard InChI is InChI=1S/C27H23NO4/c1-3-14-31-20-11-7-8-18(16-20)24-23-25(29)21-15-17(2)12-13-22(21)32-26(23)27(30)28(24)19-9-5-4-6-10-19/h4-13,15-16,24H,3,14H2,1-2H3. The predicted molar refractivity (Wildman–Crippen MR) is 125 cm³/mol. The van der Waals surface area contributed by atoms with E-state index in [1.54, 1.807) is 11.0 Å². The van der Waals surface area contributed by atoms with Gasteiger partial charge in [-0.05, 0) is 55.3 Å². The number of ether oxygens (including phenoxy) is 1. The topological polar surface area (TPSA) is 59.8 Å². The number of nitrogens with zero attached hydrogens (tertiary/aromatic N) is 1.